The molecule has 3 heterocycles. The van der Waals surface area contributed by atoms with Crippen LogP contribution in [-0.2, 0) is 11.3 Å². The summed E-state index contributed by atoms with van der Waals surface area (Å²) in [5.41, 5.74) is 1.19. The van der Waals surface area contributed by atoms with E-state index in [9.17, 15) is 0 Å². The topological polar surface area (TPSA) is 60.4 Å². The van der Waals surface area contributed by atoms with Crippen LogP contribution < -0.4 is 4.74 Å². The Balaban J connectivity index is 1.61. The van der Waals surface area contributed by atoms with Gasteiger partial charge in [-0.3, -0.25) is 14.9 Å². The van der Waals surface area contributed by atoms with Gasteiger partial charge in [0.2, 0.25) is 5.88 Å². The van der Waals surface area contributed by atoms with Crippen molar-refractivity contribution in [1.82, 2.24) is 19.9 Å². The molecule has 0 bridgehead atoms. The van der Waals surface area contributed by atoms with Crippen molar-refractivity contribution >= 4 is 0 Å². The lowest BCUT2D eigenvalue weighted by Crippen LogP contribution is -2.35. The van der Waals surface area contributed by atoms with E-state index in [-0.39, 0.29) is 6.10 Å². The highest BCUT2D eigenvalue weighted by Gasteiger charge is 2.20. The van der Waals surface area contributed by atoms with Gasteiger partial charge in [0.05, 0.1) is 19.4 Å². The fourth-order valence-electron chi connectivity index (χ4n) is 2.32. The van der Waals surface area contributed by atoms with Crippen molar-refractivity contribution in [3.05, 3.63) is 48.7 Å². The van der Waals surface area contributed by atoms with Gasteiger partial charge >= 0.3 is 0 Å². The Bertz CT molecular complexity index is 488. The lowest BCUT2D eigenvalue weighted by molar-refractivity contribution is 0.0681. The van der Waals surface area contributed by atoms with Gasteiger partial charge in [0.15, 0.2) is 0 Å². The Labute approximate surface area is 123 Å². The zero-order valence-electron chi connectivity index (χ0n) is 11.8. The number of nitrogens with zero attached hydrogens (tertiary/aromatic N) is 4. The van der Waals surface area contributed by atoms with Crippen LogP contribution in [0, 0.1) is 0 Å². The largest absolute Gasteiger partial charge is 0.469 e. The van der Waals surface area contributed by atoms with Crippen LogP contribution in [0.2, 0.25) is 0 Å². The minimum absolute atomic E-state index is 0.0409. The van der Waals surface area contributed by atoms with Crippen molar-refractivity contribution in [1.29, 1.82) is 0 Å². The Kier molecular flexibility index (Phi) is 4.70. The summed E-state index contributed by atoms with van der Waals surface area (Å²) in [6.45, 7) is 3.80. The van der Waals surface area contributed by atoms with E-state index in [1.54, 1.807) is 24.8 Å². The first-order chi connectivity index (χ1) is 10.4. The third-order valence-electron chi connectivity index (χ3n) is 3.27. The normalized spacial score (nSPS) is 19.9. The molecule has 21 heavy (non-hydrogen) atoms. The van der Waals surface area contributed by atoms with E-state index in [0.29, 0.717) is 19.1 Å². The molecular formula is C15H18N4O2. The lowest BCUT2D eigenvalue weighted by Gasteiger charge is -2.23. The van der Waals surface area contributed by atoms with Gasteiger partial charge in [-0.25, -0.2) is 4.98 Å². The third-order valence-corrected chi connectivity index (χ3v) is 3.27. The predicted molar refractivity (Wildman–Crippen MR) is 76.8 cm³/mol. The van der Waals surface area contributed by atoms with Crippen molar-refractivity contribution in [2.75, 3.05) is 26.3 Å². The number of pyridine rings is 1. The Hall–Kier alpha value is -2.05. The van der Waals surface area contributed by atoms with Crippen LogP contribution >= 0.6 is 0 Å². The van der Waals surface area contributed by atoms with Crippen LogP contribution in [0.3, 0.4) is 0 Å². The first-order valence-electron chi connectivity index (χ1n) is 7.02. The minimum atomic E-state index is -0.0409. The smallest absolute Gasteiger partial charge is 0.232 e. The zero-order valence-corrected chi connectivity index (χ0v) is 11.8. The van der Waals surface area contributed by atoms with Gasteiger partial charge in [-0.2, -0.15) is 0 Å². The molecule has 1 aliphatic heterocycles. The molecule has 0 spiro atoms. The molecule has 6 heteroatoms. The number of aromatic nitrogens is 3. The van der Waals surface area contributed by atoms with E-state index in [1.807, 2.05) is 12.3 Å². The number of hydrogen-bond acceptors (Lipinski definition) is 6. The van der Waals surface area contributed by atoms with E-state index in [2.05, 4.69) is 25.9 Å². The average Bonchev–Trinajstić information content (AvgIpc) is 2.74. The molecule has 1 saturated heterocycles. The quantitative estimate of drug-likeness (QED) is 0.840. The van der Waals surface area contributed by atoms with Crippen LogP contribution in [-0.4, -0.2) is 52.3 Å². The van der Waals surface area contributed by atoms with E-state index >= 15 is 0 Å². The molecule has 110 valence electrons. The average molecular weight is 286 g/mol. The molecule has 6 nitrogen and oxygen atoms in total. The van der Waals surface area contributed by atoms with Crippen molar-refractivity contribution in [2.45, 2.75) is 12.6 Å². The van der Waals surface area contributed by atoms with Crippen LogP contribution in [0.25, 0.3) is 0 Å². The first kappa shape index (κ1) is 13.9. The third kappa shape index (κ3) is 4.21. The van der Waals surface area contributed by atoms with Crippen LogP contribution in [0.5, 0.6) is 5.88 Å². The molecule has 1 fully saturated rings. The Morgan fingerprint density at radius 3 is 3.00 bits per heavy atom. The maximum atomic E-state index is 5.85. The molecule has 0 saturated carbocycles. The number of ether oxygens (including phenoxy) is 2. The summed E-state index contributed by atoms with van der Waals surface area (Å²) in [5, 5.41) is 0. The van der Waals surface area contributed by atoms with Gasteiger partial charge in [-0.1, -0.05) is 6.07 Å². The minimum Gasteiger partial charge on any atom is -0.469 e. The first-order valence-corrected chi connectivity index (χ1v) is 7.02. The second-order valence-corrected chi connectivity index (χ2v) is 4.95. The highest BCUT2D eigenvalue weighted by molar-refractivity contribution is 5.08. The van der Waals surface area contributed by atoms with Crippen molar-refractivity contribution in [3.63, 3.8) is 0 Å². The summed E-state index contributed by atoms with van der Waals surface area (Å²) in [6, 6.07) is 4.04. The molecule has 1 atom stereocenters. The molecule has 2 aromatic rings. The molecule has 0 aromatic carbocycles. The Morgan fingerprint density at radius 1 is 1.24 bits per heavy atom. The molecule has 0 amide bonds. The summed E-state index contributed by atoms with van der Waals surface area (Å²) < 4.78 is 11.5. The summed E-state index contributed by atoms with van der Waals surface area (Å²) >= 11 is 0. The monoisotopic (exact) mass is 286 g/mol. The van der Waals surface area contributed by atoms with Gasteiger partial charge in [0, 0.05) is 44.4 Å². The van der Waals surface area contributed by atoms with Crippen molar-refractivity contribution in [3.8, 4) is 5.88 Å². The number of hydrogen-bond donors (Lipinski definition) is 0. The second kappa shape index (κ2) is 7.10. The van der Waals surface area contributed by atoms with Crippen LogP contribution in [0.15, 0.2) is 43.1 Å². The number of rotatable bonds is 4. The standard InChI is InChI=1S/C15H18N4O2/c1-2-13(8-16-3-1)10-19-6-7-20-12-14(11-19)21-15-9-17-4-5-18-15/h1-5,8-9,14H,6-7,10-12H2. The SMILES string of the molecule is c1cncc(CN2CCOCC(Oc3cnccn3)C2)c1. The van der Waals surface area contributed by atoms with Gasteiger partial charge < -0.3 is 9.47 Å². The summed E-state index contributed by atoms with van der Waals surface area (Å²) in [7, 11) is 0. The second-order valence-electron chi connectivity index (χ2n) is 4.95. The molecule has 1 aliphatic rings. The van der Waals surface area contributed by atoms with Crippen LogP contribution in [0.4, 0.5) is 0 Å². The van der Waals surface area contributed by atoms with Gasteiger partial charge in [0.25, 0.3) is 0 Å². The zero-order chi connectivity index (χ0) is 14.3. The predicted octanol–water partition coefficient (Wildman–Crippen LogP) is 1.15. The molecule has 0 N–H and O–H groups in total. The lowest BCUT2D eigenvalue weighted by atomic mass is 10.2. The van der Waals surface area contributed by atoms with E-state index in [0.717, 1.165) is 19.6 Å². The fraction of sp³-hybridized carbons (Fsp3) is 0.400. The maximum Gasteiger partial charge on any atom is 0.232 e. The maximum absolute atomic E-state index is 5.85. The van der Waals surface area contributed by atoms with E-state index in [4.69, 9.17) is 9.47 Å². The Morgan fingerprint density at radius 2 is 2.19 bits per heavy atom. The van der Waals surface area contributed by atoms with Crippen molar-refractivity contribution < 1.29 is 9.47 Å². The van der Waals surface area contributed by atoms with Gasteiger partial charge in [-0.05, 0) is 11.6 Å². The fourth-order valence-corrected chi connectivity index (χ4v) is 2.32. The summed E-state index contributed by atoms with van der Waals surface area (Å²) in [6.07, 6.45) is 8.52. The highest BCUT2D eigenvalue weighted by atomic mass is 16.5. The molecular weight excluding hydrogens is 268 g/mol. The van der Waals surface area contributed by atoms with Gasteiger partial charge in [-0.15, -0.1) is 0 Å². The molecule has 3 rings (SSSR count). The molecule has 0 aliphatic carbocycles. The van der Waals surface area contributed by atoms with E-state index < -0.39 is 0 Å². The highest BCUT2D eigenvalue weighted by Crippen LogP contribution is 2.11. The molecule has 0 radical (unpaired) electrons. The molecule has 1 unspecified atom stereocenters. The van der Waals surface area contributed by atoms with Crippen molar-refractivity contribution in [2.24, 2.45) is 0 Å². The summed E-state index contributed by atoms with van der Waals surface area (Å²) in [5.74, 6) is 0.536. The summed E-state index contributed by atoms with van der Waals surface area (Å²) in [4.78, 5) is 14.6. The molecule has 2 aromatic heterocycles. The van der Waals surface area contributed by atoms with Crippen LogP contribution in [0.1, 0.15) is 5.56 Å². The van der Waals surface area contributed by atoms with Gasteiger partial charge in [0.1, 0.15) is 6.10 Å². The van der Waals surface area contributed by atoms with E-state index in [1.165, 1.54) is 5.56 Å².